The highest BCUT2D eigenvalue weighted by Gasteiger charge is 2.16. The minimum Gasteiger partial charge on any atom is -0.359 e. The molecule has 2 unspecified atom stereocenters. The molecule has 0 fully saturated rings. The van der Waals surface area contributed by atoms with Crippen LogP contribution in [0.3, 0.4) is 0 Å². The Balaban J connectivity index is 2.79. The predicted octanol–water partition coefficient (Wildman–Crippen LogP) is 0.590. The van der Waals surface area contributed by atoms with Crippen LogP contribution in [0.15, 0.2) is 30.3 Å². The van der Waals surface area contributed by atoms with Gasteiger partial charge >= 0.3 is 0 Å². The molecule has 5 nitrogen and oxygen atoms in total. The molecule has 0 aliphatic carbocycles. The van der Waals surface area contributed by atoms with Crippen molar-refractivity contribution >= 4 is 17.2 Å². The molecule has 0 saturated heterocycles. The lowest BCUT2D eigenvalue weighted by molar-refractivity contribution is -0.121. The number of hydrogen-bond acceptors (Lipinski definition) is 2. The van der Waals surface area contributed by atoms with Crippen molar-refractivity contribution in [2.75, 3.05) is 7.05 Å². The second kappa shape index (κ2) is 6.37. The fourth-order valence-corrected chi connectivity index (χ4v) is 1.78. The molecule has 1 rings (SSSR count). The van der Waals surface area contributed by atoms with E-state index in [9.17, 15) is 9.00 Å². The third-order valence-electron chi connectivity index (χ3n) is 2.11. The highest BCUT2D eigenvalue weighted by atomic mass is 32.2. The first-order chi connectivity index (χ1) is 7.63. The van der Waals surface area contributed by atoms with E-state index in [1.165, 1.54) is 7.05 Å². The van der Waals surface area contributed by atoms with Gasteiger partial charge in [-0.05, 0) is 5.56 Å². The minimum atomic E-state index is -2.14. The fourth-order valence-electron chi connectivity index (χ4n) is 1.32. The summed E-state index contributed by atoms with van der Waals surface area (Å²) in [6.45, 7) is 0. The van der Waals surface area contributed by atoms with Gasteiger partial charge in [0.2, 0.25) is 17.2 Å². The molecule has 0 aliphatic heterocycles. The topological polar surface area (TPSA) is 78.4 Å². The molecule has 0 saturated carbocycles. The van der Waals surface area contributed by atoms with Crippen molar-refractivity contribution in [2.24, 2.45) is 0 Å². The molecule has 0 radical (unpaired) electrons. The monoisotopic (exact) mass is 242 g/mol. The summed E-state index contributed by atoms with van der Waals surface area (Å²) in [7, 11) is 1.53. The lowest BCUT2D eigenvalue weighted by Gasteiger charge is -2.15. The average molecular weight is 242 g/mol. The molecule has 1 aromatic rings. The highest BCUT2D eigenvalue weighted by Crippen LogP contribution is 2.16. The summed E-state index contributed by atoms with van der Waals surface area (Å²) in [6.07, 6.45) is 0.118. The summed E-state index contributed by atoms with van der Waals surface area (Å²) >= 11 is -2.14. The molecule has 1 amide bonds. The van der Waals surface area contributed by atoms with Crippen LogP contribution in [0.2, 0.25) is 0 Å². The van der Waals surface area contributed by atoms with Gasteiger partial charge in [0.05, 0.1) is 6.04 Å². The standard InChI is InChI=1S/C10H14N2O3S/c1-11-10(13)7-9(12-16(14)15)8-5-3-2-4-6-8/h2-6,9,12H,7H2,1H3,(H,11,13)(H,14,15). The molecule has 88 valence electrons. The number of amides is 1. The van der Waals surface area contributed by atoms with Crippen molar-refractivity contribution in [3.63, 3.8) is 0 Å². The predicted molar refractivity (Wildman–Crippen MR) is 61.8 cm³/mol. The van der Waals surface area contributed by atoms with Crippen LogP contribution in [0, 0.1) is 0 Å². The molecule has 0 aromatic heterocycles. The van der Waals surface area contributed by atoms with Crippen LogP contribution >= 0.6 is 0 Å². The summed E-state index contributed by atoms with van der Waals surface area (Å²) in [4.78, 5) is 11.2. The molecule has 0 aliphatic rings. The molecule has 0 spiro atoms. The van der Waals surface area contributed by atoms with E-state index in [4.69, 9.17) is 4.55 Å². The Morgan fingerprint density at radius 2 is 2.06 bits per heavy atom. The molecule has 2 atom stereocenters. The van der Waals surface area contributed by atoms with Crippen molar-refractivity contribution in [3.05, 3.63) is 35.9 Å². The summed E-state index contributed by atoms with van der Waals surface area (Å²) in [5, 5.41) is 2.48. The zero-order chi connectivity index (χ0) is 12.0. The molecule has 0 heterocycles. The van der Waals surface area contributed by atoms with Gasteiger partial charge in [0, 0.05) is 13.5 Å². The lowest BCUT2D eigenvalue weighted by Crippen LogP contribution is -2.29. The Bertz CT molecular complexity index is 370. The van der Waals surface area contributed by atoms with E-state index >= 15 is 0 Å². The average Bonchev–Trinajstić information content (AvgIpc) is 2.28. The summed E-state index contributed by atoms with van der Waals surface area (Å²) in [6, 6.07) is 8.60. The molecule has 16 heavy (non-hydrogen) atoms. The number of benzene rings is 1. The van der Waals surface area contributed by atoms with Crippen molar-refractivity contribution in [3.8, 4) is 0 Å². The van der Waals surface area contributed by atoms with Crippen molar-refractivity contribution in [1.82, 2.24) is 10.0 Å². The summed E-state index contributed by atoms with van der Waals surface area (Å²) in [5.41, 5.74) is 0.800. The number of carbonyl (C=O) groups excluding carboxylic acids is 1. The molecular weight excluding hydrogens is 228 g/mol. The zero-order valence-electron chi connectivity index (χ0n) is 8.84. The Morgan fingerprint density at radius 1 is 1.44 bits per heavy atom. The van der Waals surface area contributed by atoms with E-state index in [0.717, 1.165) is 5.56 Å². The third-order valence-corrected chi connectivity index (χ3v) is 2.60. The first-order valence-corrected chi connectivity index (χ1v) is 5.86. The minimum absolute atomic E-state index is 0.118. The van der Waals surface area contributed by atoms with E-state index < -0.39 is 17.3 Å². The van der Waals surface area contributed by atoms with Crippen LogP contribution in [0.25, 0.3) is 0 Å². The maximum Gasteiger partial charge on any atom is 0.232 e. The normalized spacial score (nSPS) is 14.1. The first-order valence-electron chi connectivity index (χ1n) is 4.76. The summed E-state index contributed by atoms with van der Waals surface area (Å²) < 4.78 is 21.9. The number of carbonyl (C=O) groups is 1. The molecule has 6 heteroatoms. The Kier molecular flexibility index (Phi) is 5.10. The smallest absolute Gasteiger partial charge is 0.232 e. The van der Waals surface area contributed by atoms with E-state index in [1.54, 1.807) is 12.1 Å². The van der Waals surface area contributed by atoms with Gasteiger partial charge in [-0.25, -0.2) is 8.93 Å². The van der Waals surface area contributed by atoms with Crippen molar-refractivity contribution in [2.45, 2.75) is 12.5 Å². The van der Waals surface area contributed by atoms with E-state index in [0.29, 0.717) is 0 Å². The SMILES string of the molecule is CNC(=O)CC(NS(=O)O)c1ccccc1. The van der Waals surface area contributed by atoms with Crippen LogP contribution in [0.1, 0.15) is 18.0 Å². The molecule has 3 N–H and O–H groups in total. The van der Waals surface area contributed by atoms with Crippen LogP contribution in [-0.4, -0.2) is 21.7 Å². The van der Waals surface area contributed by atoms with Gasteiger partial charge in [0.25, 0.3) is 0 Å². The van der Waals surface area contributed by atoms with Crippen molar-refractivity contribution < 1.29 is 13.6 Å². The quantitative estimate of drug-likeness (QED) is 0.661. The van der Waals surface area contributed by atoms with E-state index in [2.05, 4.69) is 10.0 Å². The Hall–Kier alpha value is -1.24. The van der Waals surface area contributed by atoms with Gasteiger partial charge in [0.1, 0.15) is 0 Å². The fraction of sp³-hybridized carbons (Fsp3) is 0.300. The van der Waals surface area contributed by atoms with Crippen LogP contribution < -0.4 is 10.0 Å². The molecule has 1 aromatic carbocycles. The summed E-state index contributed by atoms with van der Waals surface area (Å²) in [5.74, 6) is -0.188. The Morgan fingerprint density at radius 3 is 2.56 bits per heavy atom. The lowest BCUT2D eigenvalue weighted by atomic mass is 10.0. The van der Waals surface area contributed by atoms with Crippen LogP contribution in [-0.2, 0) is 16.1 Å². The van der Waals surface area contributed by atoms with E-state index in [-0.39, 0.29) is 12.3 Å². The van der Waals surface area contributed by atoms with Gasteiger partial charge in [0.15, 0.2) is 0 Å². The highest BCUT2D eigenvalue weighted by molar-refractivity contribution is 7.77. The molecular formula is C10H14N2O3S. The van der Waals surface area contributed by atoms with E-state index in [1.807, 2.05) is 18.2 Å². The number of hydrogen-bond donors (Lipinski definition) is 3. The van der Waals surface area contributed by atoms with Gasteiger partial charge in [-0.1, -0.05) is 30.3 Å². The second-order valence-electron chi connectivity index (χ2n) is 3.21. The van der Waals surface area contributed by atoms with Crippen molar-refractivity contribution in [1.29, 1.82) is 0 Å². The largest absolute Gasteiger partial charge is 0.359 e. The van der Waals surface area contributed by atoms with Crippen LogP contribution in [0.4, 0.5) is 0 Å². The molecule has 0 bridgehead atoms. The number of rotatable bonds is 5. The van der Waals surface area contributed by atoms with Gasteiger partial charge < -0.3 is 5.32 Å². The second-order valence-corrected chi connectivity index (χ2v) is 3.94. The third kappa shape index (κ3) is 4.09. The number of nitrogens with one attached hydrogen (secondary N) is 2. The van der Waals surface area contributed by atoms with Crippen LogP contribution in [0.5, 0.6) is 0 Å². The maximum atomic E-state index is 11.2. The Labute approximate surface area is 96.7 Å². The van der Waals surface area contributed by atoms with Gasteiger partial charge in [-0.15, -0.1) is 0 Å². The maximum absolute atomic E-state index is 11.2. The zero-order valence-corrected chi connectivity index (χ0v) is 9.66. The van der Waals surface area contributed by atoms with Gasteiger partial charge in [-0.2, -0.15) is 0 Å². The van der Waals surface area contributed by atoms with Gasteiger partial charge in [-0.3, -0.25) is 9.35 Å². The first kappa shape index (κ1) is 12.8.